The molecule has 0 bridgehead atoms. The molecule has 2 atom stereocenters. The Morgan fingerprint density at radius 2 is 2.13 bits per heavy atom. The lowest BCUT2D eigenvalue weighted by Gasteiger charge is -2.40. The van der Waals surface area contributed by atoms with Gasteiger partial charge < -0.3 is 14.4 Å². The second-order valence-electron chi connectivity index (χ2n) is 7.20. The van der Waals surface area contributed by atoms with Crippen molar-refractivity contribution >= 4 is 45.2 Å². The number of halogens is 5. The summed E-state index contributed by atoms with van der Waals surface area (Å²) in [4.78, 5) is 31.9. The molecule has 13 heteroatoms. The summed E-state index contributed by atoms with van der Waals surface area (Å²) in [6.07, 6.45) is -3.85. The van der Waals surface area contributed by atoms with E-state index in [0.29, 0.717) is 19.6 Å². The molecule has 168 valence electrons. The number of piperidine rings is 1. The van der Waals surface area contributed by atoms with Crippen LogP contribution < -0.4 is 0 Å². The van der Waals surface area contributed by atoms with E-state index in [1.54, 1.807) is 4.90 Å². The zero-order valence-electron chi connectivity index (χ0n) is 16.2. The second kappa shape index (κ2) is 8.14. The molecule has 31 heavy (non-hydrogen) atoms. The van der Waals surface area contributed by atoms with Gasteiger partial charge >= 0.3 is 12.3 Å². The Kier molecular flexibility index (Phi) is 5.81. The number of hydrogen-bond donors (Lipinski definition) is 0. The van der Waals surface area contributed by atoms with Crippen molar-refractivity contribution < 1.29 is 32.2 Å². The van der Waals surface area contributed by atoms with E-state index in [2.05, 4.69) is 20.9 Å². The number of pyridine rings is 1. The van der Waals surface area contributed by atoms with Gasteiger partial charge in [0.2, 0.25) is 0 Å². The molecule has 0 radical (unpaired) electrons. The summed E-state index contributed by atoms with van der Waals surface area (Å²) in [5.74, 6) is -0.609. The smallest absolute Gasteiger partial charge is 0.420 e. The van der Waals surface area contributed by atoms with Gasteiger partial charge in [-0.05, 0) is 28.4 Å². The van der Waals surface area contributed by atoms with Crippen LogP contribution in [0.25, 0.3) is 5.65 Å². The molecule has 2 amide bonds. The predicted molar refractivity (Wildman–Crippen MR) is 106 cm³/mol. The monoisotopic (exact) mass is 524 g/mol. The van der Waals surface area contributed by atoms with Gasteiger partial charge in [-0.3, -0.25) is 14.1 Å². The lowest BCUT2D eigenvalue weighted by atomic mass is 10.00. The van der Waals surface area contributed by atoms with Crippen LogP contribution in [0.15, 0.2) is 16.7 Å². The maximum atomic E-state index is 13.4. The van der Waals surface area contributed by atoms with Crippen LogP contribution in [0.3, 0.4) is 0 Å². The normalized spacial score (nSPS) is 22.3. The van der Waals surface area contributed by atoms with E-state index in [1.807, 2.05) is 0 Å². The molecule has 4 rings (SSSR count). The van der Waals surface area contributed by atoms with E-state index in [-0.39, 0.29) is 34.5 Å². The lowest BCUT2D eigenvalue weighted by molar-refractivity contribution is -0.136. The minimum Gasteiger partial charge on any atom is -0.448 e. The van der Waals surface area contributed by atoms with Crippen LogP contribution in [-0.2, 0) is 15.7 Å². The van der Waals surface area contributed by atoms with Crippen molar-refractivity contribution in [1.82, 2.24) is 19.2 Å². The summed E-state index contributed by atoms with van der Waals surface area (Å²) < 4.78 is 52.0. The van der Waals surface area contributed by atoms with Gasteiger partial charge in [0.15, 0.2) is 11.3 Å². The van der Waals surface area contributed by atoms with Crippen molar-refractivity contribution in [2.75, 3.05) is 33.4 Å². The third-order valence-corrected chi connectivity index (χ3v) is 6.24. The standard InChI is InChI=1S/C18H17BrClF3N4O4/c1-30-12-8-25(3-2-11(12)26-4-5-31-17(26)29)16(28)13-14(20)27-7-9(19)6-10(15(27)24-13)18(21,22)23/h6-7,11-12H,2-5,8H2,1H3/t11-,12-/m0/s1. The van der Waals surface area contributed by atoms with Crippen molar-refractivity contribution in [3.05, 3.63) is 33.1 Å². The van der Waals surface area contributed by atoms with Crippen LogP contribution in [0.4, 0.5) is 18.0 Å². The first-order chi connectivity index (χ1) is 14.6. The predicted octanol–water partition coefficient (Wildman–Crippen LogP) is 3.45. The molecule has 2 saturated heterocycles. The van der Waals surface area contributed by atoms with Crippen LogP contribution in [0.5, 0.6) is 0 Å². The number of likely N-dealkylation sites (tertiary alicyclic amines) is 1. The molecule has 0 N–H and O–H groups in total. The average molecular weight is 526 g/mol. The number of amides is 2. The number of alkyl halides is 3. The van der Waals surface area contributed by atoms with E-state index >= 15 is 0 Å². The van der Waals surface area contributed by atoms with Crippen LogP contribution in [0.2, 0.25) is 5.15 Å². The molecule has 0 spiro atoms. The van der Waals surface area contributed by atoms with E-state index in [0.717, 1.165) is 10.5 Å². The van der Waals surface area contributed by atoms with Gasteiger partial charge in [-0.25, -0.2) is 9.78 Å². The molecular weight excluding hydrogens is 509 g/mol. The summed E-state index contributed by atoms with van der Waals surface area (Å²) in [5.41, 5.74) is -1.75. The first-order valence-electron chi connectivity index (χ1n) is 9.31. The lowest BCUT2D eigenvalue weighted by Crippen LogP contribution is -2.56. The highest BCUT2D eigenvalue weighted by Gasteiger charge is 2.41. The summed E-state index contributed by atoms with van der Waals surface area (Å²) in [7, 11) is 1.47. The van der Waals surface area contributed by atoms with E-state index in [9.17, 15) is 22.8 Å². The number of fused-ring (bicyclic) bond motifs is 1. The Bertz CT molecular complexity index is 1050. The van der Waals surface area contributed by atoms with Crippen molar-refractivity contribution in [1.29, 1.82) is 0 Å². The van der Waals surface area contributed by atoms with Crippen molar-refractivity contribution in [2.45, 2.75) is 24.7 Å². The van der Waals surface area contributed by atoms with Crippen LogP contribution in [-0.4, -0.2) is 76.7 Å². The minimum atomic E-state index is -4.68. The van der Waals surface area contributed by atoms with Gasteiger partial charge in [0.05, 0.1) is 24.3 Å². The molecule has 2 aliphatic rings. The Labute approximate surface area is 188 Å². The average Bonchev–Trinajstić information content (AvgIpc) is 3.29. The highest BCUT2D eigenvalue weighted by Crippen LogP contribution is 2.36. The van der Waals surface area contributed by atoms with Gasteiger partial charge in [-0.1, -0.05) is 11.6 Å². The number of imidazole rings is 1. The number of carbonyl (C=O) groups is 2. The number of nitrogens with zero attached hydrogens (tertiary/aromatic N) is 4. The van der Waals surface area contributed by atoms with E-state index in [4.69, 9.17) is 21.1 Å². The van der Waals surface area contributed by atoms with Crippen molar-refractivity contribution in [3.8, 4) is 0 Å². The number of rotatable bonds is 3. The maximum absolute atomic E-state index is 13.4. The summed E-state index contributed by atoms with van der Waals surface area (Å²) in [6.45, 7) is 1.12. The molecule has 2 aromatic rings. The minimum absolute atomic E-state index is 0.129. The molecular formula is C18H17BrClF3N4O4. The summed E-state index contributed by atoms with van der Waals surface area (Å²) in [5, 5.41) is -0.217. The molecule has 0 saturated carbocycles. The fraction of sp³-hybridized carbons (Fsp3) is 0.500. The molecule has 4 heterocycles. The quantitative estimate of drug-likeness (QED) is 0.614. The van der Waals surface area contributed by atoms with E-state index < -0.39 is 35.5 Å². The molecule has 2 fully saturated rings. The molecule has 8 nitrogen and oxygen atoms in total. The third-order valence-electron chi connectivity index (χ3n) is 5.44. The maximum Gasteiger partial charge on any atom is 0.420 e. The van der Waals surface area contributed by atoms with Gasteiger partial charge in [-0.15, -0.1) is 0 Å². The Hall–Kier alpha value is -2.05. The molecule has 0 unspecified atom stereocenters. The van der Waals surface area contributed by atoms with Crippen molar-refractivity contribution in [3.63, 3.8) is 0 Å². The highest BCUT2D eigenvalue weighted by molar-refractivity contribution is 9.10. The van der Waals surface area contributed by atoms with Gasteiger partial charge in [0.1, 0.15) is 11.8 Å². The first kappa shape index (κ1) is 22.2. The molecule has 2 aromatic heterocycles. The zero-order chi connectivity index (χ0) is 22.5. The molecule has 0 aliphatic carbocycles. The summed E-state index contributed by atoms with van der Waals surface area (Å²) in [6, 6.07) is 0.613. The third kappa shape index (κ3) is 3.96. The van der Waals surface area contributed by atoms with Gasteiger partial charge in [-0.2, -0.15) is 13.2 Å². The fourth-order valence-corrected chi connectivity index (χ4v) is 4.65. The highest BCUT2D eigenvalue weighted by atomic mass is 79.9. The molecule has 0 aromatic carbocycles. The Morgan fingerprint density at radius 1 is 1.39 bits per heavy atom. The zero-order valence-corrected chi connectivity index (χ0v) is 18.5. The van der Waals surface area contributed by atoms with Crippen LogP contribution >= 0.6 is 27.5 Å². The number of cyclic esters (lactones) is 1. The Balaban J connectivity index is 1.63. The second-order valence-corrected chi connectivity index (χ2v) is 8.48. The van der Waals surface area contributed by atoms with E-state index in [1.165, 1.54) is 18.2 Å². The van der Waals surface area contributed by atoms with Crippen molar-refractivity contribution in [2.24, 2.45) is 0 Å². The Morgan fingerprint density at radius 3 is 2.74 bits per heavy atom. The summed E-state index contributed by atoms with van der Waals surface area (Å²) >= 11 is 9.28. The fourth-order valence-electron chi connectivity index (χ4n) is 3.96. The topological polar surface area (TPSA) is 76.4 Å². The molecule has 2 aliphatic heterocycles. The largest absolute Gasteiger partial charge is 0.448 e. The number of ether oxygens (including phenoxy) is 2. The number of methoxy groups -OCH3 is 1. The number of aromatic nitrogens is 2. The van der Waals surface area contributed by atoms with Gasteiger partial charge in [0.25, 0.3) is 5.91 Å². The number of carbonyl (C=O) groups excluding carboxylic acids is 2. The number of hydrogen-bond acceptors (Lipinski definition) is 5. The van der Waals surface area contributed by atoms with Crippen LogP contribution in [0, 0.1) is 0 Å². The van der Waals surface area contributed by atoms with Gasteiger partial charge in [0, 0.05) is 30.9 Å². The first-order valence-corrected chi connectivity index (χ1v) is 10.5. The van der Waals surface area contributed by atoms with Crippen LogP contribution in [0.1, 0.15) is 22.5 Å². The SMILES string of the molecule is CO[C@H]1CN(C(=O)c2nc3c(C(F)(F)F)cc(Br)cn3c2Cl)CC[C@@H]1N1CCOC1=O.